The molecule has 0 radical (unpaired) electrons. The lowest BCUT2D eigenvalue weighted by Crippen LogP contribution is -1.90. The van der Waals surface area contributed by atoms with Crippen LogP contribution in [0.4, 0.5) is 5.69 Å². The fourth-order valence-corrected chi connectivity index (χ4v) is 4.38. The number of thiazole rings is 1. The van der Waals surface area contributed by atoms with Crippen LogP contribution in [0, 0.1) is 10.1 Å². The zero-order valence-electron chi connectivity index (χ0n) is 11.9. The zero-order valence-corrected chi connectivity index (χ0v) is 13.5. The van der Waals surface area contributed by atoms with Gasteiger partial charge in [0.1, 0.15) is 16.2 Å². The molecule has 0 spiro atoms. The lowest BCUT2D eigenvalue weighted by Gasteiger charge is -1.98. The molecular weight excluding hydrogens is 348 g/mol. The van der Waals surface area contributed by atoms with E-state index in [0.29, 0.717) is 20.3 Å². The third-order valence-corrected chi connectivity index (χ3v) is 5.49. The van der Waals surface area contributed by atoms with Gasteiger partial charge in [-0.1, -0.05) is 41.7 Å². The largest absolute Gasteiger partial charge is 0.492 e. The predicted octanol–water partition coefficient (Wildman–Crippen LogP) is 4.10. The van der Waals surface area contributed by atoms with Crippen LogP contribution in [0.1, 0.15) is 0 Å². The van der Waals surface area contributed by atoms with Crippen LogP contribution in [0.25, 0.3) is 31.4 Å². The van der Waals surface area contributed by atoms with Crippen molar-refractivity contribution in [2.24, 2.45) is 0 Å². The van der Waals surface area contributed by atoms with Crippen molar-refractivity contribution in [1.29, 1.82) is 0 Å². The number of hydrogen-bond donors (Lipinski definition) is 1. The number of nitrogens with zero attached hydrogens (tertiary/aromatic N) is 4. The predicted molar refractivity (Wildman–Crippen MR) is 92.3 cm³/mol. The number of thiophene rings is 1. The van der Waals surface area contributed by atoms with E-state index >= 15 is 0 Å². The van der Waals surface area contributed by atoms with Gasteiger partial charge in [-0.2, -0.15) is 4.98 Å². The molecule has 4 aromatic rings. The fourth-order valence-electron chi connectivity index (χ4n) is 2.35. The molecule has 1 aromatic carbocycles. The molecule has 0 saturated heterocycles. The highest BCUT2D eigenvalue weighted by Gasteiger charge is 2.27. The second-order valence-electron chi connectivity index (χ2n) is 4.82. The molecule has 3 aromatic heterocycles. The van der Waals surface area contributed by atoms with Gasteiger partial charge >= 0.3 is 0 Å². The monoisotopic (exact) mass is 356 g/mol. The van der Waals surface area contributed by atoms with Gasteiger partial charge < -0.3 is 5.11 Å². The third kappa shape index (κ3) is 2.30. The van der Waals surface area contributed by atoms with Crippen LogP contribution >= 0.6 is 22.7 Å². The Bertz CT molecular complexity index is 1060. The maximum absolute atomic E-state index is 11.6. The van der Waals surface area contributed by atoms with Gasteiger partial charge in [0.15, 0.2) is 10.3 Å². The average molecular weight is 356 g/mol. The number of rotatable bonds is 3. The van der Waals surface area contributed by atoms with Crippen molar-refractivity contribution in [3.8, 4) is 26.9 Å². The molecule has 0 amide bonds. The standard InChI is InChI=1S/C15H8N4O3S2/c20-13-10-14(17-7-16-13)24-15(18-10)12-11(19(21)22)9(6-23-12)8-4-2-1-3-5-8/h1-7H,(H,16,17,20). The number of aromatic nitrogens is 3. The van der Waals surface area contributed by atoms with Gasteiger partial charge in [0.2, 0.25) is 5.88 Å². The zero-order chi connectivity index (χ0) is 16.7. The summed E-state index contributed by atoms with van der Waals surface area (Å²) in [6, 6.07) is 9.18. The molecule has 24 heavy (non-hydrogen) atoms. The van der Waals surface area contributed by atoms with E-state index < -0.39 is 4.92 Å². The highest BCUT2D eigenvalue weighted by Crippen LogP contribution is 2.46. The van der Waals surface area contributed by atoms with E-state index in [-0.39, 0.29) is 17.1 Å². The molecule has 0 saturated carbocycles. The van der Waals surface area contributed by atoms with E-state index in [1.54, 1.807) is 5.38 Å². The molecule has 118 valence electrons. The SMILES string of the molecule is O=[N+]([O-])c1c(-c2ccccc2)csc1-c1nc2c(O)ncnc2s1. The third-order valence-electron chi connectivity index (χ3n) is 3.40. The van der Waals surface area contributed by atoms with Gasteiger partial charge in [0.05, 0.1) is 10.5 Å². The van der Waals surface area contributed by atoms with Crippen molar-refractivity contribution in [2.75, 3.05) is 0 Å². The first-order valence-corrected chi connectivity index (χ1v) is 8.47. The van der Waals surface area contributed by atoms with Crippen molar-refractivity contribution in [1.82, 2.24) is 15.0 Å². The molecule has 7 nitrogen and oxygen atoms in total. The smallest absolute Gasteiger partial charge is 0.298 e. The van der Waals surface area contributed by atoms with Gasteiger partial charge in [-0.15, -0.1) is 11.3 Å². The number of hydrogen-bond acceptors (Lipinski definition) is 8. The molecule has 0 unspecified atom stereocenters. The summed E-state index contributed by atoms with van der Waals surface area (Å²) < 4.78 is 0. The quantitative estimate of drug-likeness (QED) is 0.438. The summed E-state index contributed by atoms with van der Waals surface area (Å²) in [7, 11) is 0. The molecular formula is C15H8N4O3S2. The van der Waals surface area contributed by atoms with Crippen LogP contribution in [0.5, 0.6) is 5.88 Å². The topological polar surface area (TPSA) is 102 Å². The Kier molecular flexibility index (Phi) is 3.44. The first-order chi connectivity index (χ1) is 11.6. The molecule has 4 rings (SSSR count). The Morgan fingerprint density at radius 1 is 1.17 bits per heavy atom. The van der Waals surface area contributed by atoms with E-state index in [0.717, 1.165) is 5.56 Å². The molecule has 0 fully saturated rings. The maximum Gasteiger partial charge on any atom is 0.298 e. The van der Waals surface area contributed by atoms with Gasteiger partial charge in [0.25, 0.3) is 5.69 Å². The Balaban J connectivity index is 1.93. The van der Waals surface area contributed by atoms with E-state index in [1.807, 2.05) is 30.3 Å². The number of aromatic hydroxyl groups is 1. The van der Waals surface area contributed by atoms with Crippen molar-refractivity contribution < 1.29 is 10.0 Å². The number of nitro groups is 1. The summed E-state index contributed by atoms with van der Waals surface area (Å²) in [6.45, 7) is 0. The normalized spacial score (nSPS) is 11.0. The lowest BCUT2D eigenvalue weighted by atomic mass is 10.1. The van der Waals surface area contributed by atoms with Crippen LogP contribution in [0.2, 0.25) is 0 Å². The second-order valence-corrected chi connectivity index (χ2v) is 6.68. The fraction of sp³-hybridized carbons (Fsp3) is 0. The number of benzene rings is 1. The van der Waals surface area contributed by atoms with Gasteiger partial charge in [-0.05, 0) is 5.56 Å². The molecule has 3 heterocycles. The lowest BCUT2D eigenvalue weighted by molar-refractivity contribution is -0.383. The van der Waals surface area contributed by atoms with Crippen LogP contribution in [0.15, 0.2) is 42.0 Å². The van der Waals surface area contributed by atoms with E-state index in [2.05, 4.69) is 15.0 Å². The summed E-state index contributed by atoms with van der Waals surface area (Å²) >= 11 is 2.44. The van der Waals surface area contributed by atoms with E-state index in [4.69, 9.17) is 0 Å². The van der Waals surface area contributed by atoms with E-state index in [9.17, 15) is 15.2 Å². The first kappa shape index (κ1) is 14.7. The van der Waals surface area contributed by atoms with Crippen molar-refractivity contribution in [3.05, 3.63) is 52.2 Å². The summed E-state index contributed by atoms with van der Waals surface area (Å²) in [5.74, 6) is -0.231. The minimum atomic E-state index is -0.397. The Morgan fingerprint density at radius 3 is 2.67 bits per heavy atom. The van der Waals surface area contributed by atoms with Crippen LogP contribution < -0.4 is 0 Å². The molecule has 0 atom stereocenters. The van der Waals surface area contributed by atoms with E-state index in [1.165, 1.54) is 29.0 Å². The number of fused-ring (bicyclic) bond motifs is 1. The van der Waals surface area contributed by atoms with Crippen molar-refractivity contribution >= 4 is 38.7 Å². The summed E-state index contributed by atoms with van der Waals surface area (Å²) in [5.41, 5.74) is 1.59. The average Bonchev–Trinajstić information content (AvgIpc) is 3.20. The second kappa shape index (κ2) is 5.62. The Hall–Kier alpha value is -2.91. The van der Waals surface area contributed by atoms with Crippen molar-refractivity contribution in [2.45, 2.75) is 0 Å². The highest BCUT2D eigenvalue weighted by atomic mass is 32.1. The molecule has 0 aliphatic carbocycles. The summed E-state index contributed by atoms with van der Waals surface area (Å²) in [4.78, 5) is 24.2. The molecule has 9 heteroatoms. The van der Waals surface area contributed by atoms with Crippen LogP contribution in [-0.2, 0) is 0 Å². The first-order valence-electron chi connectivity index (χ1n) is 6.77. The Labute approximate surface area is 143 Å². The summed E-state index contributed by atoms with van der Waals surface area (Å²) in [6.07, 6.45) is 1.23. The molecule has 0 aliphatic rings. The minimum absolute atomic E-state index is 0.0118. The van der Waals surface area contributed by atoms with Gasteiger partial charge in [-0.25, -0.2) is 9.97 Å². The Morgan fingerprint density at radius 2 is 1.96 bits per heavy atom. The highest BCUT2D eigenvalue weighted by molar-refractivity contribution is 7.25. The van der Waals surface area contributed by atoms with Crippen LogP contribution in [-0.4, -0.2) is 25.0 Å². The van der Waals surface area contributed by atoms with Crippen LogP contribution in [0.3, 0.4) is 0 Å². The van der Waals surface area contributed by atoms with Crippen molar-refractivity contribution in [3.63, 3.8) is 0 Å². The summed E-state index contributed by atoms with van der Waals surface area (Å²) in [5, 5.41) is 23.6. The molecule has 1 N–H and O–H groups in total. The molecule has 0 aliphatic heterocycles. The maximum atomic E-state index is 11.6. The minimum Gasteiger partial charge on any atom is -0.492 e. The van der Waals surface area contributed by atoms with Gasteiger partial charge in [0, 0.05) is 5.38 Å². The molecule has 0 bridgehead atoms. The van der Waals surface area contributed by atoms with Gasteiger partial charge in [-0.3, -0.25) is 10.1 Å².